The van der Waals surface area contributed by atoms with Crippen LogP contribution in [0.15, 0.2) is 30.3 Å². The molecule has 1 aromatic carbocycles. The number of likely N-dealkylation sites (tertiary alicyclic amines) is 1. The molecule has 1 aliphatic rings. The van der Waals surface area contributed by atoms with E-state index in [1.807, 2.05) is 23.5 Å². The summed E-state index contributed by atoms with van der Waals surface area (Å²) in [5.41, 5.74) is 0.829. The van der Waals surface area contributed by atoms with Gasteiger partial charge in [0.15, 0.2) is 12.3 Å². The topological polar surface area (TPSA) is 197 Å². The van der Waals surface area contributed by atoms with Gasteiger partial charge in [-0.2, -0.15) is 0 Å². The zero-order valence-electron chi connectivity index (χ0n) is 27.5. The quantitative estimate of drug-likeness (QED) is 0.207. The van der Waals surface area contributed by atoms with Gasteiger partial charge in [-0.15, -0.1) is 0 Å². The Morgan fingerprint density at radius 2 is 1.49 bits per heavy atom. The van der Waals surface area contributed by atoms with Gasteiger partial charge in [0.25, 0.3) is 11.8 Å². The van der Waals surface area contributed by atoms with Crippen molar-refractivity contribution in [2.75, 3.05) is 47.8 Å². The van der Waals surface area contributed by atoms with E-state index in [2.05, 4.69) is 5.32 Å². The van der Waals surface area contributed by atoms with Crippen molar-refractivity contribution in [3.8, 4) is 0 Å². The van der Waals surface area contributed by atoms with Crippen molar-refractivity contribution in [1.29, 1.82) is 0 Å². The lowest BCUT2D eigenvalue weighted by atomic mass is 10.0. The molecule has 0 aromatic heterocycles. The van der Waals surface area contributed by atoms with E-state index in [0.29, 0.717) is 35.6 Å². The molecule has 2 rings (SSSR count). The first-order chi connectivity index (χ1) is 22.2. The Morgan fingerprint density at radius 1 is 0.872 bits per heavy atom. The van der Waals surface area contributed by atoms with Crippen molar-refractivity contribution >= 4 is 48.0 Å². The van der Waals surface area contributed by atoms with Crippen molar-refractivity contribution < 1.29 is 43.5 Å². The summed E-state index contributed by atoms with van der Waals surface area (Å²) in [5.74, 6) is -2.79. The van der Waals surface area contributed by atoms with Gasteiger partial charge in [0, 0.05) is 41.3 Å². The molecule has 3 atom stereocenters. The van der Waals surface area contributed by atoms with Crippen LogP contribution in [0.4, 0.5) is 14.4 Å². The molecule has 16 nitrogen and oxygen atoms in total. The lowest BCUT2D eigenvalue weighted by Crippen LogP contribution is -2.58. The van der Waals surface area contributed by atoms with Crippen LogP contribution in [0.25, 0.3) is 0 Å². The van der Waals surface area contributed by atoms with E-state index in [1.165, 1.54) is 25.9 Å². The average Bonchev–Trinajstić information content (AvgIpc) is 3.06. The third-order valence-corrected chi connectivity index (χ3v) is 7.77. The van der Waals surface area contributed by atoms with Crippen LogP contribution >= 0.6 is 0 Å². The van der Waals surface area contributed by atoms with E-state index in [4.69, 9.17) is 0 Å². The molecule has 0 aliphatic carbocycles. The minimum absolute atomic E-state index is 0.0212. The van der Waals surface area contributed by atoms with E-state index in [9.17, 15) is 43.5 Å². The fourth-order valence-electron chi connectivity index (χ4n) is 4.77. The van der Waals surface area contributed by atoms with Gasteiger partial charge < -0.3 is 29.9 Å². The number of aldehydes is 1. The first kappa shape index (κ1) is 38.3. The molecule has 0 bridgehead atoms. The van der Waals surface area contributed by atoms with Crippen LogP contribution in [-0.2, 0) is 30.4 Å². The van der Waals surface area contributed by atoms with Gasteiger partial charge in [-0.25, -0.2) is 14.4 Å². The molecule has 16 heteroatoms. The number of aryl methyl sites for hydroxylation is 1. The lowest BCUT2D eigenvalue weighted by molar-refractivity contribution is -0.138. The van der Waals surface area contributed by atoms with Gasteiger partial charge in [0.2, 0.25) is 11.8 Å². The Bertz CT molecular complexity index is 1300. The standard InChI is InChI=1S/C31H45N7O9/c1-21(40)18-25(41)34(2)19-26(42)36(4)31(47)33-30(46)35(3)24(15-14-22-12-8-6-9-13-22)28(44)37(5)29(45)32-23(20-39)27(43)38-16-10-7-11-17-38/h6,8-9,12-13,20-21,23-24,40H,7,10-11,14-19H2,1-5H3,(H,32,45)(H,33,46,47)/t21-,23+,24+/m1/s1. The zero-order valence-corrected chi connectivity index (χ0v) is 27.5. The highest BCUT2D eigenvalue weighted by molar-refractivity contribution is 6.05. The molecule has 3 N–H and O–H groups in total. The maximum atomic E-state index is 13.6. The van der Waals surface area contributed by atoms with Crippen molar-refractivity contribution in [1.82, 2.24) is 35.1 Å². The van der Waals surface area contributed by atoms with Gasteiger partial charge in [-0.05, 0) is 44.6 Å². The molecule has 1 aromatic rings. The molecule has 0 unspecified atom stereocenters. The summed E-state index contributed by atoms with van der Waals surface area (Å²) in [4.78, 5) is 107. The van der Waals surface area contributed by atoms with Gasteiger partial charge >= 0.3 is 18.1 Å². The Morgan fingerprint density at radius 3 is 2.06 bits per heavy atom. The number of aliphatic hydroxyl groups excluding tert-OH is 1. The molecule has 1 saturated heterocycles. The van der Waals surface area contributed by atoms with Crippen molar-refractivity contribution in [2.45, 2.75) is 63.6 Å². The summed E-state index contributed by atoms with van der Waals surface area (Å²) >= 11 is 0. The monoisotopic (exact) mass is 659 g/mol. The fourth-order valence-corrected chi connectivity index (χ4v) is 4.77. The highest BCUT2D eigenvalue weighted by Gasteiger charge is 2.35. The van der Waals surface area contributed by atoms with Crippen LogP contribution < -0.4 is 10.6 Å². The molecule has 1 fully saturated rings. The maximum Gasteiger partial charge on any atom is 0.331 e. The second-order valence-corrected chi connectivity index (χ2v) is 11.5. The molecular weight excluding hydrogens is 614 g/mol. The summed E-state index contributed by atoms with van der Waals surface area (Å²) in [5, 5.41) is 13.7. The SMILES string of the molecule is C[C@@H](O)CC(=O)N(C)CC(=O)N(C)C(=O)NC(=O)N(C)[C@@H](CCc1ccccc1)C(=O)N(C)C(=O)N[C@@H](C=O)C(=O)N1CCCCC1. The molecule has 0 radical (unpaired) electrons. The minimum atomic E-state index is -1.51. The van der Waals surface area contributed by atoms with E-state index in [-0.39, 0.29) is 12.8 Å². The predicted molar refractivity (Wildman–Crippen MR) is 169 cm³/mol. The number of piperidine rings is 1. The maximum absolute atomic E-state index is 13.6. The summed E-state index contributed by atoms with van der Waals surface area (Å²) in [6, 6.07) is 2.99. The number of imide groups is 3. The molecule has 10 amide bonds. The lowest BCUT2D eigenvalue weighted by Gasteiger charge is -2.32. The highest BCUT2D eigenvalue weighted by Crippen LogP contribution is 2.14. The Kier molecular flexibility index (Phi) is 14.9. The second-order valence-electron chi connectivity index (χ2n) is 11.5. The van der Waals surface area contributed by atoms with Crippen molar-refractivity contribution in [3.63, 3.8) is 0 Å². The number of amides is 10. The number of nitrogens with one attached hydrogen (secondary N) is 2. The highest BCUT2D eigenvalue weighted by atomic mass is 16.3. The first-order valence-electron chi connectivity index (χ1n) is 15.3. The van der Waals surface area contributed by atoms with E-state index in [0.717, 1.165) is 48.7 Å². The number of hydrogen-bond donors (Lipinski definition) is 3. The number of likely N-dealkylation sites (N-methyl/N-ethyl adjacent to an activating group) is 4. The largest absolute Gasteiger partial charge is 0.393 e. The second kappa shape index (κ2) is 18.3. The number of nitrogens with zero attached hydrogens (tertiary/aromatic N) is 5. The van der Waals surface area contributed by atoms with Crippen LogP contribution in [0.2, 0.25) is 0 Å². The number of hydrogen-bond acceptors (Lipinski definition) is 9. The Hall–Kier alpha value is -4.86. The van der Waals surface area contributed by atoms with E-state index in [1.54, 1.807) is 12.1 Å². The number of carbonyl (C=O) groups is 8. The number of urea groups is 3. The Balaban J connectivity index is 2.15. The van der Waals surface area contributed by atoms with Crippen LogP contribution in [0.5, 0.6) is 0 Å². The van der Waals surface area contributed by atoms with E-state index >= 15 is 0 Å². The molecule has 47 heavy (non-hydrogen) atoms. The van der Waals surface area contributed by atoms with Crippen molar-refractivity contribution in [2.24, 2.45) is 0 Å². The minimum Gasteiger partial charge on any atom is -0.393 e. The van der Waals surface area contributed by atoms with Gasteiger partial charge in [0.1, 0.15) is 6.04 Å². The third kappa shape index (κ3) is 11.5. The number of carbonyl (C=O) groups excluding carboxylic acids is 8. The van der Waals surface area contributed by atoms with Crippen LogP contribution in [0.3, 0.4) is 0 Å². The zero-order chi connectivity index (χ0) is 35.3. The number of aliphatic hydroxyl groups is 1. The summed E-state index contributed by atoms with van der Waals surface area (Å²) < 4.78 is 0. The molecule has 0 saturated carbocycles. The molecule has 0 spiro atoms. The summed E-state index contributed by atoms with van der Waals surface area (Å²) in [6.45, 7) is 1.81. The van der Waals surface area contributed by atoms with Gasteiger partial charge in [-0.1, -0.05) is 30.3 Å². The predicted octanol–water partition coefficient (Wildman–Crippen LogP) is 0.185. The van der Waals surface area contributed by atoms with Gasteiger partial charge in [-0.3, -0.25) is 34.3 Å². The normalized spacial score (nSPS) is 14.5. The summed E-state index contributed by atoms with van der Waals surface area (Å²) in [7, 11) is 4.80. The number of benzene rings is 1. The molecule has 1 heterocycles. The fraction of sp³-hybridized carbons (Fsp3) is 0.548. The summed E-state index contributed by atoms with van der Waals surface area (Å²) in [6.07, 6.45) is 1.96. The third-order valence-electron chi connectivity index (χ3n) is 7.77. The number of rotatable bonds is 12. The van der Waals surface area contributed by atoms with Crippen LogP contribution in [-0.4, -0.2) is 144 Å². The van der Waals surface area contributed by atoms with E-state index < -0.39 is 66.5 Å². The van der Waals surface area contributed by atoms with Crippen LogP contribution in [0.1, 0.15) is 44.6 Å². The molecular formula is C31H45N7O9. The average molecular weight is 660 g/mol. The molecule has 1 aliphatic heterocycles. The van der Waals surface area contributed by atoms with Crippen LogP contribution in [0, 0.1) is 0 Å². The first-order valence-corrected chi connectivity index (χ1v) is 15.3. The van der Waals surface area contributed by atoms with Gasteiger partial charge in [0.05, 0.1) is 19.1 Å². The molecule has 258 valence electrons. The van der Waals surface area contributed by atoms with Crippen molar-refractivity contribution in [3.05, 3.63) is 35.9 Å². The smallest absolute Gasteiger partial charge is 0.331 e. The Labute approximate surface area is 274 Å².